The third-order valence-corrected chi connectivity index (χ3v) is 2.00. The molecule has 2 nitrogen and oxygen atoms in total. The van der Waals surface area contributed by atoms with Crippen molar-refractivity contribution < 1.29 is 0 Å². The maximum absolute atomic E-state index is 5.81. The van der Waals surface area contributed by atoms with Gasteiger partial charge in [0.1, 0.15) is 5.84 Å². The number of fused-ring (bicyclic) bond motifs is 1. The van der Waals surface area contributed by atoms with E-state index in [0.717, 1.165) is 17.4 Å². The van der Waals surface area contributed by atoms with Crippen LogP contribution in [0.4, 0.5) is 0 Å². The molecule has 2 heterocycles. The van der Waals surface area contributed by atoms with Crippen molar-refractivity contribution in [2.75, 3.05) is 6.54 Å². The average Bonchev–Trinajstić information content (AvgIpc) is 2.27. The van der Waals surface area contributed by atoms with Crippen molar-refractivity contribution in [2.24, 2.45) is 4.99 Å². The van der Waals surface area contributed by atoms with Gasteiger partial charge in [-0.2, -0.15) is 0 Å². The highest BCUT2D eigenvalue weighted by Crippen LogP contribution is 2.18. The van der Waals surface area contributed by atoms with Gasteiger partial charge in [-0.05, 0) is 19.1 Å². The number of rotatable bonds is 0. The molecule has 0 N–H and O–H groups in total. The van der Waals surface area contributed by atoms with E-state index in [-0.39, 0.29) is 0 Å². The fourth-order valence-corrected chi connectivity index (χ4v) is 1.50. The monoisotopic (exact) mass is 168 g/mol. The molecule has 0 aromatic carbocycles. The molecule has 0 unspecified atom stereocenters. The molecule has 0 saturated heterocycles. The molecule has 0 radical (unpaired) electrons. The van der Waals surface area contributed by atoms with Crippen molar-refractivity contribution in [3.05, 3.63) is 23.4 Å². The van der Waals surface area contributed by atoms with E-state index >= 15 is 0 Å². The lowest BCUT2D eigenvalue weighted by atomic mass is 10.3. The molecule has 3 heteroatoms. The Morgan fingerprint density at radius 2 is 2.45 bits per heavy atom. The van der Waals surface area contributed by atoms with Gasteiger partial charge in [-0.25, -0.2) is 0 Å². The average molecular weight is 169 g/mol. The molecule has 0 aromatic heterocycles. The van der Waals surface area contributed by atoms with E-state index in [0.29, 0.717) is 6.04 Å². The summed E-state index contributed by atoms with van der Waals surface area (Å²) in [5, 5.41) is 0.776. The molecular formula is C8H9ClN2. The summed E-state index contributed by atoms with van der Waals surface area (Å²) in [6.07, 6.45) is 5.74. The third-order valence-electron chi connectivity index (χ3n) is 1.78. The summed E-state index contributed by atoms with van der Waals surface area (Å²) in [4.78, 5) is 6.47. The minimum Gasteiger partial charge on any atom is -0.330 e. The lowest BCUT2D eigenvalue weighted by molar-refractivity contribution is 0.556. The van der Waals surface area contributed by atoms with Gasteiger partial charge in [-0.15, -0.1) is 0 Å². The fourth-order valence-electron chi connectivity index (χ4n) is 1.32. The van der Waals surface area contributed by atoms with Crippen LogP contribution in [-0.2, 0) is 0 Å². The van der Waals surface area contributed by atoms with Crippen molar-refractivity contribution in [1.29, 1.82) is 0 Å². The predicted octanol–water partition coefficient (Wildman–Crippen LogP) is 1.74. The third kappa shape index (κ3) is 1.18. The van der Waals surface area contributed by atoms with Gasteiger partial charge >= 0.3 is 0 Å². The van der Waals surface area contributed by atoms with Crippen LogP contribution in [0.5, 0.6) is 0 Å². The Labute approximate surface area is 70.9 Å². The number of allylic oxidation sites excluding steroid dienone is 2. The fraction of sp³-hybridized carbons (Fsp3) is 0.375. The molecule has 0 saturated carbocycles. The first-order chi connectivity index (χ1) is 5.25. The van der Waals surface area contributed by atoms with E-state index < -0.39 is 0 Å². The zero-order chi connectivity index (χ0) is 7.84. The molecule has 1 atom stereocenters. The van der Waals surface area contributed by atoms with Crippen LogP contribution in [0.1, 0.15) is 6.92 Å². The molecule has 2 aliphatic rings. The van der Waals surface area contributed by atoms with E-state index in [4.69, 9.17) is 11.6 Å². The van der Waals surface area contributed by atoms with Gasteiger partial charge in [0, 0.05) is 12.7 Å². The molecule has 0 amide bonds. The molecule has 0 aromatic rings. The summed E-state index contributed by atoms with van der Waals surface area (Å²) in [6.45, 7) is 3.05. The van der Waals surface area contributed by atoms with Crippen LogP contribution in [0.3, 0.4) is 0 Å². The number of hydrogen-bond donors (Lipinski definition) is 0. The Bertz CT molecular complexity index is 265. The highest BCUT2D eigenvalue weighted by atomic mass is 35.5. The Kier molecular flexibility index (Phi) is 1.50. The normalized spacial score (nSPS) is 28.2. The minimum absolute atomic E-state index is 0.397. The van der Waals surface area contributed by atoms with Gasteiger partial charge in [-0.3, -0.25) is 4.99 Å². The second-order valence-corrected chi connectivity index (χ2v) is 3.27. The molecule has 0 bridgehead atoms. The Hall–Kier alpha value is -0.760. The first-order valence-electron chi connectivity index (χ1n) is 3.65. The van der Waals surface area contributed by atoms with E-state index in [1.54, 1.807) is 0 Å². The molecule has 0 fully saturated rings. The van der Waals surface area contributed by atoms with Crippen LogP contribution in [0.2, 0.25) is 0 Å². The first kappa shape index (κ1) is 6.92. The van der Waals surface area contributed by atoms with E-state index in [1.165, 1.54) is 0 Å². The van der Waals surface area contributed by atoms with E-state index in [9.17, 15) is 0 Å². The Morgan fingerprint density at radius 1 is 1.64 bits per heavy atom. The van der Waals surface area contributed by atoms with Gasteiger partial charge in [0.15, 0.2) is 0 Å². The number of hydrogen-bond acceptors (Lipinski definition) is 2. The van der Waals surface area contributed by atoms with Crippen LogP contribution >= 0.6 is 11.6 Å². The van der Waals surface area contributed by atoms with Crippen molar-refractivity contribution in [2.45, 2.75) is 13.0 Å². The maximum atomic E-state index is 5.81. The second-order valence-electron chi connectivity index (χ2n) is 2.84. The van der Waals surface area contributed by atoms with Gasteiger partial charge in [-0.1, -0.05) is 11.6 Å². The summed E-state index contributed by atoms with van der Waals surface area (Å²) in [7, 11) is 0. The predicted molar refractivity (Wildman–Crippen MR) is 46.7 cm³/mol. The van der Waals surface area contributed by atoms with Gasteiger partial charge in [0.2, 0.25) is 0 Å². The number of amidine groups is 1. The van der Waals surface area contributed by atoms with Crippen LogP contribution in [-0.4, -0.2) is 23.3 Å². The summed E-state index contributed by atoms with van der Waals surface area (Å²) < 4.78 is 0. The van der Waals surface area contributed by atoms with Crippen molar-refractivity contribution in [1.82, 2.24) is 4.90 Å². The lowest BCUT2D eigenvalue weighted by Crippen LogP contribution is -2.23. The molecule has 2 aliphatic heterocycles. The van der Waals surface area contributed by atoms with Crippen LogP contribution in [0, 0.1) is 0 Å². The van der Waals surface area contributed by atoms with Crippen LogP contribution < -0.4 is 0 Å². The van der Waals surface area contributed by atoms with Crippen molar-refractivity contribution in [3.63, 3.8) is 0 Å². The summed E-state index contributed by atoms with van der Waals surface area (Å²) in [5.41, 5.74) is 0. The second kappa shape index (κ2) is 2.38. The quantitative estimate of drug-likeness (QED) is 0.538. The lowest BCUT2D eigenvalue weighted by Gasteiger charge is -2.16. The minimum atomic E-state index is 0.397. The Balaban J connectivity index is 2.29. The molecule has 0 aliphatic carbocycles. The van der Waals surface area contributed by atoms with E-state index in [2.05, 4.69) is 16.8 Å². The largest absolute Gasteiger partial charge is 0.330 e. The van der Waals surface area contributed by atoms with E-state index in [1.807, 2.05) is 18.4 Å². The summed E-state index contributed by atoms with van der Waals surface area (Å²) >= 11 is 5.81. The van der Waals surface area contributed by atoms with Crippen molar-refractivity contribution >= 4 is 17.4 Å². The highest BCUT2D eigenvalue weighted by molar-refractivity contribution is 6.32. The first-order valence-corrected chi connectivity index (χ1v) is 4.03. The molecule has 0 spiro atoms. The molecule has 58 valence electrons. The SMILES string of the molecule is C[C@@H]1CN2C=C(Cl)C=CC2=N1. The van der Waals surface area contributed by atoms with Crippen LogP contribution in [0.15, 0.2) is 28.4 Å². The number of halogens is 1. The summed E-state index contributed by atoms with van der Waals surface area (Å²) in [5.74, 6) is 1.03. The number of nitrogens with zero attached hydrogens (tertiary/aromatic N) is 2. The van der Waals surface area contributed by atoms with Crippen LogP contribution in [0.25, 0.3) is 0 Å². The van der Waals surface area contributed by atoms with Crippen molar-refractivity contribution in [3.8, 4) is 0 Å². The maximum Gasteiger partial charge on any atom is 0.127 e. The topological polar surface area (TPSA) is 15.6 Å². The van der Waals surface area contributed by atoms with Gasteiger partial charge in [0.05, 0.1) is 11.1 Å². The molecule has 11 heavy (non-hydrogen) atoms. The standard InChI is InChI=1S/C8H9ClN2/c1-6-4-11-5-7(9)2-3-8(11)10-6/h2-3,5-6H,4H2,1H3/t6-/m1/s1. The zero-order valence-corrected chi connectivity index (χ0v) is 7.04. The zero-order valence-electron chi connectivity index (χ0n) is 6.29. The molecular weight excluding hydrogens is 160 g/mol. The highest BCUT2D eigenvalue weighted by Gasteiger charge is 2.20. The number of aliphatic imine (C=N–C) groups is 1. The van der Waals surface area contributed by atoms with Gasteiger partial charge < -0.3 is 4.90 Å². The molecule has 2 rings (SSSR count). The van der Waals surface area contributed by atoms with Gasteiger partial charge in [0.25, 0.3) is 0 Å². The summed E-state index contributed by atoms with van der Waals surface area (Å²) in [6, 6.07) is 0.397. The Morgan fingerprint density at radius 3 is 3.27 bits per heavy atom. The smallest absolute Gasteiger partial charge is 0.127 e.